The smallest absolute Gasteiger partial charge is 0.146 e. The number of aromatic nitrogens is 2. The lowest BCUT2D eigenvalue weighted by molar-refractivity contribution is 1.31. The lowest BCUT2D eigenvalue weighted by Crippen LogP contribution is -1.91. The average molecular weight is 408 g/mol. The van der Waals surface area contributed by atoms with Crippen LogP contribution in [0.25, 0.3) is 38.4 Å². The van der Waals surface area contributed by atoms with Gasteiger partial charge in [0, 0.05) is 14.3 Å². The maximum absolute atomic E-state index is 4.99. The molecule has 0 aliphatic carbocycles. The fourth-order valence-corrected chi connectivity index (χ4v) is 3.99. The van der Waals surface area contributed by atoms with Gasteiger partial charge in [-0.2, -0.15) is 0 Å². The zero-order valence-electron chi connectivity index (χ0n) is 12.5. The number of aryl methyl sites for hydroxylation is 1. The summed E-state index contributed by atoms with van der Waals surface area (Å²) in [6, 6.07) is 21.6. The third kappa shape index (κ3) is 1.77. The van der Waals surface area contributed by atoms with Crippen LogP contribution in [0.15, 0.2) is 60.7 Å². The Labute approximate surface area is 146 Å². The van der Waals surface area contributed by atoms with Crippen LogP contribution < -0.4 is 0 Å². The van der Waals surface area contributed by atoms with Crippen molar-refractivity contribution in [3.63, 3.8) is 0 Å². The van der Waals surface area contributed by atoms with Crippen molar-refractivity contribution < 1.29 is 0 Å². The lowest BCUT2D eigenvalue weighted by Gasteiger charge is -2.09. The van der Waals surface area contributed by atoms with E-state index in [1.807, 2.05) is 0 Å². The molecule has 23 heavy (non-hydrogen) atoms. The van der Waals surface area contributed by atoms with Crippen molar-refractivity contribution in [3.8, 4) is 0 Å². The summed E-state index contributed by atoms with van der Waals surface area (Å²) >= 11 is 2.37. The van der Waals surface area contributed by atoms with E-state index in [0.29, 0.717) is 0 Å². The van der Waals surface area contributed by atoms with Crippen molar-refractivity contribution in [2.75, 3.05) is 0 Å². The van der Waals surface area contributed by atoms with Gasteiger partial charge >= 0.3 is 0 Å². The fraction of sp³-hybridized carbons (Fsp3) is 0.0500. The Balaban J connectivity index is 2.22. The van der Waals surface area contributed by atoms with Crippen LogP contribution in [0.4, 0.5) is 0 Å². The highest BCUT2D eigenvalue weighted by molar-refractivity contribution is 14.1. The summed E-state index contributed by atoms with van der Waals surface area (Å²) in [5, 5.41) is 3.75. The van der Waals surface area contributed by atoms with E-state index < -0.39 is 0 Å². The van der Waals surface area contributed by atoms with Gasteiger partial charge in [-0.15, -0.1) is 0 Å². The number of hydrogen-bond acceptors (Lipinski definition) is 1. The van der Waals surface area contributed by atoms with E-state index in [1.54, 1.807) is 0 Å². The monoisotopic (exact) mass is 408 g/mol. The third-order valence-electron chi connectivity index (χ3n) is 4.54. The van der Waals surface area contributed by atoms with Crippen LogP contribution in [0, 0.1) is 10.5 Å². The quantitative estimate of drug-likeness (QED) is 0.237. The Bertz CT molecular complexity index is 1230. The molecule has 2 nitrogen and oxygen atoms in total. The van der Waals surface area contributed by atoms with Crippen molar-refractivity contribution in [2.45, 2.75) is 6.92 Å². The minimum atomic E-state index is 1.04. The molecule has 110 valence electrons. The summed E-state index contributed by atoms with van der Waals surface area (Å²) < 4.78 is 3.53. The molecule has 0 bridgehead atoms. The molecule has 3 heteroatoms. The first-order valence-electron chi connectivity index (χ1n) is 7.62. The molecule has 0 spiro atoms. The Hall–Kier alpha value is -2.14. The number of halogens is 1. The van der Waals surface area contributed by atoms with Gasteiger partial charge in [-0.05, 0) is 64.7 Å². The number of fused-ring (bicyclic) bond motifs is 8. The normalized spacial score (nSPS) is 11.9. The Morgan fingerprint density at radius 2 is 1.65 bits per heavy atom. The summed E-state index contributed by atoms with van der Waals surface area (Å²) in [6.07, 6.45) is 0. The summed E-state index contributed by atoms with van der Waals surface area (Å²) in [7, 11) is 0. The third-order valence-corrected chi connectivity index (χ3v) is 5.22. The molecule has 0 aliphatic heterocycles. The highest BCUT2D eigenvalue weighted by atomic mass is 127. The van der Waals surface area contributed by atoms with Crippen LogP contribution in [-0.4, -0.2) is 9.38 Å². The number of pyridine rings is 1. The van der Waals surface area contributed by atoms with Crippen molar-refractivity contribution >= 4 is 60.9 Å². The van der Waals surface area contributed by atoms with Crippen LogP contribution in [0.2, 0.25) is 0 Å². The molecule has 2 heterocycles. The minimum absolute atomic E-state index is 1.04. The average Bonchev–Trinajstić information content (AvgIpc) is 2.96. The first-order valence-corrected chi connectivity index (χ1v) is 8.70. The zero-order chi connectivity index (χ0) is 15.6. The number of nitrogens with zero attached hydrogens (tertiary/aromatic N) is 2. The van der Waals surface area contributed by atoms with Crippen LogP contribution in [0.1, 0.15) is 5.56 Å². The Morgan fingerprint density at radius 3 is 2.57 bits per heavy atom. The van der Waals surface area contributed by atoms with Crippen LogP contribution in [0.5, 0.6) is 0 Å². The van der Waals surface area contributed by atoms with E-state index >= 15 is 0 Å². The molecule has 0 unspecified atom stereocenters. The second-order valence-electron chi connectivity index (χ2n) is 5.92. The number of imidazole rings is 1. The first-order chi connectivity index (χ1) is 11.2. The zero-order valence-corrected chi connectivity index (χ0v) is 14.7. The number of hydrogen-bond donors (Lipinski definition) is 0. The molecule has 2 aromatic heterocycles. The second kappa shape index (κ2) is 4.68. The molecule has 0 radical (unpaired) electrons. The van der Waals surface area contributed by atoms with Crippen LogP contribution in [-0.2, 0) is 0 Å². The Morgan fingerprint density at radius 1 is 0.826 bits per heavy atom. The maximum Gasteiger partial charge on any atom is 0.146 e. The molecule has 0 atom stereocenters. The van der Waals surface area contributed by atoms with E-state index in [9.17, 15) is 0 Å². The van der Waals surface area contributed by atoms with Gasteiger partial charge in [0.25, 0.3) is 0 Å². The lowest BCUT2D eigenvalue weighted by atomic mass is 10.1. The van der Waals surface area contributed by atoms with Gasteiger partial charge in [0.2, 0.25) is 0 Å². The highest BCUT2D eigenvalue weighted by Crippen LogP contribution is 2.33. The molecule has 0 saturated carbocycles. The van der Waals surface area contributed by atoms with Gasteiger partial charge in [0.1, 0.15) is 5.65 Å². The van der Waals surface area contributed by atoms with Gasteiger partial charge < -0.3 is 0 Å². The summed E-state index contributed by atoms with van der Waals surface area (Å²) in [5.74, 6) is 0. The van der Waals surface area contributed by atoms with E-state index in [0.717, 1.165) is 11.2 Å². The van der Waals surface area contributed by atoms with Crippen molar-refractivity contribution in [3.05, 3.63) is 69.8 Å². The number of rotatable bonds is 0. The van der Waals surface area contributed by atoms with E-state index in [-0.39, 0.29) is 0 Å². The molecular weight excluding hydrogens is 395 g/mol. The number of para-hydroxylation sites is 2. The van der Waals surface area contributed by atoms with Gasteiger partial charge in [-0.3, -0.25) is 4.40 Å². The summed E-state index contributed by atoms with van der Waals surface area (Å²) in [4.78, 5) is 4.99. The van der Waals surface area contributed by atoms with Crippen molar-refractivity contribution in [1.29, 1.82) is 0 Å². The van der Waals surface area contributed by atoms with E-state index in [4.69, 9.17) is 4.98 Å². The summed E-state index contributed by atoms with van der Waals surface area (Å²) in [5.41, 5.74) is 5.74. The van der Waals surface area contributed by atoms with E-state index in [1.165, 1.54) is 36.3 Å². The van der Waals surface area contributed by atoms with Crippen LogP contribution in [0.3, 0.4) is 0 Å². The predicted molar refractivity (Wildman–Crippen MR) is 105 cm³/mol. The summed E-state index contributed by atoms with van der Waals surface area (Å²) in [6.45, 7) is 2.13. The highest BCUT2D eigenvalue weighted by Gasteiger charge is 2.14. The van der Waals surface area contributed by atoms with Gasteiger partial charge in [0.15, 0.2) is 0 Å². The van der Waals surface area contributed by atoms with Crippen LogP contribution >= 0.6 is 22.6 Å². The molecule has 0 saturated heterocycles. The predicted octanol–water partition coefficient (Wildman–Crippen LogP) is 5.71. The molecular formula is C20H13IN2. The molecule has 3 aromatic carbocycles. The van der Waals surface area contributed by atoms with Gasteiger partial charge in [-0.1, -0.05) is 36.4 Å². The molecule has 0 N–H and O–H groups in total. The molecule has 0 fully saturated rings. The van der Waals surface area contributed by atoms with Crippen molar-refractivity contribution in [1.82, 2.24) is 9.38 Å². The maximum atomic E-state index is 4.99. The van der Waals surface area contributed by atoms with Crippen molar-refractivity contribution in [2.24, 2.45) is 0 Å². The molecule has 5 aromatic rings. The minimum Gasteiger partial charge on any atom is -0.292 e. The second-order valence-corrected chi connectivity index (χ2v) is 7.17. The van der Waals surface area contributed by atoms with E-state index in [2.05, 4.69) is 94.6 Å². The first kappa shape index (κ1) is 13.3. The fourth-order valence-electron chi connectivity index (χ4n) is 3.50. The molecule has 0 aliphatic rings. The molecule has 5 rings (SSSR count). The largest absolute Gasteiger partial charge is 0.292 e. The molecule has 0 amide bonds. The van der Waals surface area contributed by atoms with Gasteiger partial charge in [0.05, 0.1) is 16.6 Å². The SMILES string of the molecule is Cc1cccc2c1nc1c3cc(I)ccc3c3ccccc3n21. The topological polar surface area (TPSA) is 17.3 Å². The standard InChI is InChI=1S/C20H13IN2/c1-12-5-4-8-18-19(12)22-20-16-11-13(21)9-10-14(16)15-6-2-3-7-17(15)23(18)20/h2-11H,1H3. The van der Waals surface area contributed by atoms with Gasteiger partial charge in [-0.25, -0.2) is 4.98 Å². The number of benzene rings is 3. The Kier molecular flexibility index (Phi) is 2.71.